The number of nitrogens with two attached hydrogens (primary N) is 1. The van der Waals surface area contributed by atoms with E-state index in [-0.39, 0.29) is 32.2 Å². The zero-order valence-corrected chi connectivity index (χ0v) is 8.15. The maximum Gasteiger partial charge on any atom is 0.307 e. The number of carbonyl (C=O) groups is 2. The van der Waals surface area contributed by atoms with Crippen LogP contribution in [-0.4, -0.2) is 45.4 Å². The fraction of sp³-hybridized carbons (Fsp3) is 0.750. The van der Waals surface area contributed by atoms with Crippen LogP contribution in [0.25, 0.3) is 0 Å². The van der Waals surface area contributed by atoms with Gasteiger partial charge in [0.2, 0.25) is 5.91 Å². The Bertz CT molecular complexity index is 183. The molecule has 0 aromatic heterocycles. The van der Waals surface area contributed by atoms with Crippen LogP contribution in [0.1, 0.15) is 6.42 Å². The average Bonchev–Trinajstić information content (AvgIpc) is 2.15. The third-order valence-electron chi connectivity index (χ3n) is 1.29. The Balaban J connectivity index is 3.06. The minimum absolute atomic E-state index is 0.111. The molecule has 0 spiro atoms. The summed E-state index contributed by atoms with van der Waals surface area (Å²) in [6, 6.07) is 0. The van der Waals surface area contributed by atoms with Crippen molar-refractivity contribution in [2.75, 3.05) is 33.5 Å². The lowest BCUT2D eigenvalue weighted by atomic mass is 10.5. The number of methoxy groups -OCH3 is 1. The van der Waals surface area contributed by atoms with Crippen LogP contribution in [0.4, 0.5) is 0 Å². The summed E-state index contributed by atoms with van der Waals surface area (Å²) in [7, 11) is 1.32. The molecule has 0 saturated heterocycles. The number of hydrogen-bond acceptors (Lipinski definition) is 5. The molecule has 0 aliphatic heterocycles. The van der Waals surface area contributed by atoms with E-state index < -0.39 is 5.91 Å². The lowest BCUT2D eigenvalue weighted by Crippen LogP contribution is -2.19. The number of rotatable bonds is 8. The Hall–Kier alpha value is -1.14. The fourth-order valence-corrected chi connectivity index (χ4v) is 0.650. The van der Waals surface area contributed by atoms with E-state index in [0.717, 1.165) is 0 Å². The van der Waals surface area contributed by atoms with Crippen molar-refractivity contribution in [3.63, 3.8) is 0 Å². The monoisotopic (exact) mass is 205 g/mol. The second-order valence-corrected chi connectivity index (χ2v) is 2.46. The molecule has 0 aliphatic carbocycles. The van der Waals surface area contributed by atoms with Crippen LogP contribution in [0.15, 0.2) is 0 Å². The minimum Gasteiger partial charge on any atom is -0.469 e. The molecule has 0 aliphatic rings. The molecule has 0 saturated carbocycles. The Kier molecular flexibility index (Phi) is 7.77. The van der Waals surface area contributed by atoms with Gasteiger partial charge in [-0.1, -0.05) is 0 Å². The van der Waals surface area contributed by atoms with E-state index in [9.17, 15) is 9.59 Å². The average molecular weight is 205 g/mol. The summed E-state index contributed by atoms with van der Waals surface area (Å²) in [5.41, 5.74) is 4.83. The third-order valence-corrected chi connectivity index (χ3v) is 1.29. The molecule has 0 bridgehead atoms. The van der Waals surface area contributed by atoms with Gasteiger partial charge in [-0.15, -0.1) is 0 Å². The van der Waals surface area contributed by atoms with Crippen LogP contribution in [-0.2, 0) is 23.8 Å². The van der Waals surface area contributed by atoms with Crippen molar-refractivity contribution in [2.24, 2.45) is 5.73 Å². The number of ether oxygens (including phenoxy) is 3. The molecule has 0 rings (SSSR count). The molecule has 0 aromatic rings. The highest BCUT2D eigenvalue weighted by Crippen LogP contribution is 1.86. The van der Waals surface area contributed by atoms with E-state index in [1.54, 1.807) is 0 Å². The lowest BCUT2D eigenvalue weighted by molar-refractivity contribution is -0.141. The number of primary amides is 1. The van der Waals surface area contributed by atoms with Crippen LogP contribution in [0, 0.1) is 0 Å². The first kappa shape index (κ1) is 12.9. The van der Waals surface area contributed by atoms with Crippen molar-refractivity contribution in [2.45, 2.75) is 6.42 Å². The molecule has 0 fully saturated rings. The summed E-state index contributed by atoms with van der Waals surface area (Å²) in [6.07, 6.45) is 0.215. The first-order valence-electron chi connectivity index (χ1n) is 4.17. The Morgan fingerprint density at radius 3 is 2.36 bits per heavy atom. The van der Waals surface area contributed by atoms with Gasteiger partial charge in [0.15, 0.2) is 0 Å². The summed E-state index contributed by atoms with van der Waals surface area (Å²) in [5, 5.41) is 0. The van der Waals surface area contributed by atoms with Crippen LogP contribution in [0.2, 0.25) is 0 Å². The van der Waals surface area contributed by atoms with E-state index in [0.29, 0.717) is 6.61 Å². The standard InChI is InChI=1S/C8H15NO5/c1-12-8(11)2-3-13-4-5-14-6-7(9)10/h2-6H2,1H3,(H2,9,10). The molecule has 0 heterocycles. The van der Waals surface area contributed by atoms with Crippen LogP contribution in [0.3, 0.4) is 0 Å². The molecule has 0 aromatic carbocycles. The van der Waals surface area contributed by atoms with Gasteiger partial charge in [0.05, 0.1) is 33.4 Å². The number of amides is 1. The lowest BCUT2D eigenvalue weighted by Gasteiger charge is -2.03. The van der Waals surface area contributed by atoms with Gasteiger partial charge in [-0.25, -0.2) is 0 Å². The highest BCUT2D eigenvalue weighted by Gasteiger charge is 1.99. The number of esters is 1. The van der Waals surface area contributed by atoms with E-state index in [4.69, 9.17) is 15.2 Å². The van der Waals surface area contributed by atoms with E-state index >= 15 is 0 Å². The van der Waals surface area contributed by atoms with Gasteiger partial charge in [-0.2, -0.15) is 0 Å². The normalized spacial score (nSPS) is 9.79. The van der Waals surface area contributed by atoms with Crippen molar-refractivity contribution < 1.29 is 23.8 Å². The Morgan fingerprint density at radius 1 is 1.14 bits per heavy atom. The molecule has 6 nitrogen and oxygen atoms in total. The van der Waals surface area contributed by atoms with E-state index in [2.05, 4.69) is 4.74 Å². The van der Waals surface area contributed by atoms with Crippen molar-refractivity contribution in [1.29, 1.82) is 0 Å². The van der Waals surface area contributed by atoms with Crippen molar-refractivity contribution >= 4 is 11.9 Å². The van der Waals surface area contributed by atoms with E-state index in [1.807, 2.05) is 0 Å². The molecular formula is C8H15NO5. The fourth-order valence-electron chi connectivity index (χ4n) is 0.650. The highest BCUT2D eigenvalue weighted by atomic mass is 16.5. The van der Waals surface area contributed by atoms with Crippen molar-refractivity contribution in [1.82, 2.24) is 0 Å². The molecule has 0 unspecified atom stereocenters. The van der Waals surface area contributed by atoms with E-state index in [1.165, 1.54) is 7.11 Å². The van der Waals surface area contributed by atoms with Crippen LogP contribution >= 0.6 is 0 Å². The predicted octanol–water partition coefficient (Wildman–Crippen LogP) is -0.932. The van der Waals surface area contributed by atoms with Crippen molar-refractivity contribution in [3.05, 3.63) is 0 Å². The smallest absolute Gasteiger partial charge is 0.307 e. The second-order valence-electron chi connectivity index (χ2n) is 2.46. The predicted molar refractivity (Wildman–Crippen MR) is 47.5 cm³/mol. The maximum atomic E-state index is 10.6. The summed E-state index contributed by atoms with van der Waals surface area (Å²) in [4.78, 5) is 20.8. The summed E-state index contributed by atoms with van der Waals surface area (Å²) in [6.45, 7) is 0.779. The first-order chi connectivity index (χ1) is 6.66. The molecule has 0 radical (unpaired) electrons. The van der Waals surface area contributed by atoms with Gasteiger partial charge in [0.25, 0.3) is 0 Å². The molecule has 1 amide bonds. The molecule has 82 valence electrons. The molecule has 0 atom stereocenters. The SMILES string of the molecule is COC(=O)CCOCCOCC(N)=O. The molecular weight excluding hydrogens is 190 g/mol. The third kappa shape index (κ3) is 8.95. The quantitative estimate of drug-likeness (QED) is 0.408. The number of hydrogen-bond donors (Lipinski definition) is 1. The summed E-state index contributed by atoms with van der Waals surface area (Å²) >= 11 is 0. The largest absolute Gasteiger partial charge is 0.469 e. The summed E-state index contributed by atoms with van der Waals surface area (Å²) in [5.74, 6) is -0.831. The molecule has 14 heavy (non-hydrogen) atoms. The first-order valence-corrected chi connectivity index (χ1v) is 4.17. The van der Waals surface area contributed by atoms with Gasteiger partial charge in [0, 0.05) is 0 Å². The van der Waals surface area contributed by atoms with Gasteiger partial charge < -0.3 is 19.9 Å². The van der Waals surface area contributed by atoms with Gasteiger partial charge in [-0.3, -0.25) is 9.59 Å². The van der Waals surface area contributed by atoms with Gasteiger partial charge in [0.1, 0.15) is 6.61 Å². The molecule has 6 heteroatoms. The zero-order valence-electron chi connectivity index (χ0n) is 8.15. The van der Waals surface area contributed by atoms with Crippen LogP contribution in [0.5, 0.6) is 0 Å². The Labute approximate surface area is 82.3 Å². The van der Waals surface area contributed by atoms with Gasteiger partial charge in [-0.05, 0) is 0 Å². The zero-order chi connectivity index (χ0) is 10.8. The maximum absolute atomic E-state index is 10.6. The second kappa shape index (κ2) is 8.46. The molecule has 2 N–H and O–H groups in total. The van der Waals surface area contributed by atoms with Crippen molar-refractivity contribution in [3.8, 4) is 0 Å². The summed E-state index contributed by atoms with van der Waals surface area (Å²) < 4.78 is 14.2. The minimum atomic E-state index is -0.514. The Morgan fingerprint density at radius 2 is 1.79 bits per heavy atom. The number of carbonyl (C=O) groups excluding carboxylic acids is 2. The van der Waals surface area contributed by atoms with Crippen LogP contribution < -0.4 is 5.73 Å². The highest BCUT2D eigenvalue weighted by molar-refractivity contribution is 5.74. The topological polar surface area (TPSA) is 87.8 Å². The van der Waals surface area contributed by atoms with Gasteiger partial charge >= 0.3 is 5.97 Å².